The molecule has 2 fully saturated rings. The number of carbonyl (C=O) groups is 1. The van der Waals surface area contributed by atoms with Gasteiger partial charge >= 0.3 is 6.18 Å². The highest BCUT2D eigenvalue weighted by Crippen LogP contribution is 2.39. The highest BCUT2D eigenvalue weighted by Gasteiger charge is 2.39. The zero-order valence-electron chi connectivity index (χ0n) is 18.7. The summed E-state index contributed by atoms with van der Waals surface area (Å²) in [6.45, 7) is 1.31. The van der Waals surface area contributed by atoms with E-state index < -0.39 is 22.4 Å². The van der Waals surface area contributed by atoms with Crippen molar-refractivity contribution >= 4 is 22.9 Å². The summed E-state index contributed by atoms with van der Waals surface area (Å²) in [5.74, 6) is 0.477. The summed E-state index contributed by atoms with van der Waals surface area (Å²) in [6, 6.07) is 8.02. The number of fused-ring (bicyclic) bond motifs is 1. The van der Waals surface area contributed by atoms with Crippen molar-refractivity contribution in [1.29, 1.82) is 0 Å². The first-order valence-corrected chi connectivity index (χ1v) is 11.4. The third-order valence-electron chi connectivity index (χ3n) is 6.86. The number of hydrogen-bond donors (Lipinski definition) is 0. The Balaban J connectivity index is 1.30. The second kappa shape index (κ2) is 8.82. The first kappa shape index (κ1) is 23.1. The number of alkyl halides is 3. The van der Waals surface area contributed by atoms with Crippen molar-refractivity contribution in [2.75, 3.05) is 24.5 Å². The van der Waals surface area contributed by atoms with E-state index in [9.17, 15) is 28.1 Å². The number of benzene rings is 1. The van der Waals surface area contributed by atoms with Gasteiger partial charge in [0.2, 0.25) is 5.91 Å². The molecule has 3 aromatic rings. The fourth-order valence-corrected chi connectivity index (χ4v) is 5.10. The Morgan fingerprint density at radius 3 is 2.54 bits per heavy atom. The number of anilines is 1. The van der Waals surface area contributed by atoms with Crippen molar-refractivity contribution in [2.24, 2.45) is 5.92 Å². The molecule has 0 unspecified atom stereocenters. The highest BCUT2D eigenvalue weighted by atomic mass is 19.4. The van der Waals surface area contributed by atoms with Crippen molar-refractivity contribution in [1.82, 2.24) is 19.5 Å². The van der Waals surface area contributed by atoms with Gasteiger partial charge in [-0.3, -0.25) is 19.3 Å². The van der Waals surface area contributed by atoms with Gasteiger partial charge in [-0.1, -0.05) is 6.07 Å². The fraction of sp³-hybridized carbons (Fsp3) is 0.435. The number of likely N-dealkylation sites (tertiary alicyclic amines) is 1. The molecule has 5 rings (SSSR count). The molecule has 4 heterocycles. The predicted octanol–water partition coefficient (Wildman–Crippen LogP) is 4.24. The van der Waals surface area contributed by atoms with E-state index in [-0.39, 0.29) is 23.6 Å². The van der Waals surface area contributed by atoms with Crippen LogP contribution >= 0.6 is 0 Å². The monoisotopic (exact) mass is 488 g/mol. The van der Waals surface area contributed by atoms with Gasteiger partial charge in [0.1, 0.15) is 5.69 Å². The van der Waals surface area contributed by atoms with Crippen LogP contribution in [0.2, 0.25) is 0 Å². The first-order valence-electron chi connectivity index (χ1n) is 11.4. The molecule has 0 radical (unpaired) electrons. The van der Waals surface area contributed by atoms with Crippen LogP contribution in [-0.4, -0.2) is 50.0 Å². The van der Waals surface area contributed by atoms with Crippen LogP contribution < -0.4 is 4.90 Å². The second-order valence-electron chi connectivity index (χ2n) is 8.90. The largest absolute Gasteiger partial charge is 0.416 e. The van der Waals surface area contributed by atoms with Gasteiger partial charge in [0.25, 0.3) is 5.69 Å². The van der Waals surface area contributed by atoms with Crippen molar-refractivity contribution < 1.29 is 22.9 Å². The Bertz CT molecular complexity index is 1270. The van der Waals surface area contributed by atoms with Crippen LogP contribution in [0.1, 0.15) is 43.1 Å². The van der Waals surface area contributed by atoms with Gasteiger partial charge < -0.3 is 9.80 Å². The van der Waals surface area contributed by atoms with Crippen molar-refractivity contribution in [3.63, 3.8) is 0 Å². The molecule has 35 heavy (non-hydrogen) atoms. The highest BCUT2D eigenvalue weighted by molar-refractivity contribution is 5.80. The normalized spacial score (nSPS) is 19.5. The number of nitrogens with zero attached hydrogens (tertiary/aromatic N) is 6. The first-order chi connectivity index (χ1) is 16.7. The minimum Gasteiger partial charge on any atom is -0.366 e. The van der Waals surface area contributed by atoms with Crippen molar-refractivity contribution in [3.8, 4) is 0 Å². The molecule has 12 heteroatoms. The summed E-state index contributed by atoms with van der Waals surface area (Å²) in [4.78, 5) is 27.7. The maximum atomic E-state index is 13.4. The standard InChI is InChI=1S/C23H23F3N6O3/c24-23(25,26)16-6-7-17(19(14-16)32(34)35)29-12-8-15(9-13-29)22(33)30-11-3-4-18(30)21-28-27-20-5-1-2-10-31(20)21/h1-2,5-7,10,14-15,18H,3-4,8-9,11-13H2/t18-/m0/s1. The zero-order valence-corrected chi connectivity index (χ0v) is 18.7. The molecule has 1 aromatic carbocycles. The van der Waals surface area contributed by atoms with Gasteiger partial charge in [-0.05, 0) is 49.9 Å². The van der Waals surface area contributed by atoms with Gasteiger partial charge in [-0.15, -0.1) is 10.2 Å². The number of carbonyl (C=O) groups excluding carboxylic acids is 1. The summed E-state index contributed by atoms with van der Waals surface area (Å²) in [5, 5.41) is 20.0. The number of hydrogen-bond acceptors (Lipinski definition) is 6. The number of nitro benzene ring substituents is 1. The Morgan fingerprint density at radius 1 is 1.06 bits per heavy atom. The van der Waals surface area contributed by atoms with Crippen molar-refractivity contribution in [3.05, 3.63) is 64.1 Å². The molecular formula is C23H23F3N6O3. The quantitative estimate of drug-likeness (QED) is 0.403. The summed E-state index contributed by atoms with van der Waals surface area (Å²) < 4.78 is 41.0. The Hall–Kier alpha value is -3.70. The van der Waals surface area contributed by atoms with E-state index in [2.05, 4.69) is 10.2 Å². The van der Waals surface area contributed by atoms with Crippen LogP contribution in [0.25, 0.3) is 5.65 Å². The number of rotatable bonds is 4. The third kappa shape index (κ3) is 4.28. The maximum absolute atomic E-state index is 13.4. The van der Waals surface area contributed by atoms with Crippen LogP contribution in [0.5, 0.6) is 0 Å². The number of aromatic nitrogens is 3. The summed E-state index contributed by atoms with van der Waals surface area (Å²) in [6.07, 6.45) is -0.222. The maximum Gasteiger partial charge on any atom is 0.416 e. The number of amides is 1. The van der Waals surface area contributed by atoms with Gasteiger partial charge in [-0.2, -0.15) is 13.2 Å². The average Bonchev–Trinajstić information content (AvgIpc) is 3.49. The van der Waals surface area contributed by atoms with Crippen molar-refractivity contribution in [2.45, 2.75) is 37.9 Å². The lowest BCUT2D eigenvalue weighted by Gasteiger charge is -2.35. The smallest absolute Gasteiger partial charge is 0.366 e. The molecular weight excluding hydrogens is 465 g/mol. The number of pyridine rings is 1. The van der Waals surface area contributed by atoms with Crippen LogP contribution in [0.3, 0.4) is 0 Å². The number of piperidine rings is 1. The van der Waals surface area contributed by atoms with Crippen LogP contribution in [-0.2, 0) is 11.0 Å². The van der Waals surface area contributed by atoms with Gasteiger partial charge in [-0.25, -0.2) is 0 Å². The molecule has 1 atom stereocenters. The zero-order chi connectivity index (χ0) is 24.7. The minimum absolute atomic E-state index is 0.0155. The molecule has 2 aliphatic rings. The Morgan fingerprint density at radius 2 is 1.83 bits per heavy atom. The second-order valence-corrected chi connectivity index (χ2v) is 8.90. The lowest BCUT2D eigenvalue weighted by molar-refractivity contribution is -0.384. The van der Waals surface area contributed by atoms with E-state index >= 15 is 0 Å². The fourth-order valence-electron chi connectivity index (χ4n) is 5.10. The molecule has 9 nitrogen and oxygen atoms in total. The molecule has 1 amide bonds. The SMILES string of the molecule is O=C(C1CCN(c2ccc(C(F)(F)F)cc2[N+](=O)[O-])CC1)N1CCC[C@H]1c1nnc2ccccn12. The molecule has 184 valence electrons. The molecule has 0 spiro atoms. The predicted molar refractivity (Wildman–Crippen MR) is 120 cm³/mol. The van der Waals surface area contributed by atoms with Gasteiger partial charge in [0, 0.05) is 37.8 Å². The number of nitro groups is 1. The minimum atomic E-state index is -4.66. The third-order valence-corrected chi connectivity index (χ3v) is 6.86. The lowest BCUT2D eigenvalue weighted by atomic mass is 9.94. The van der Waals surface area contributed by atoms with E-state index in [1.165, 1.54) is 0 Å². The average molecular weight is 488 g/mol. The van der Waals surface area contributed by atoms with E-state index in [1.54, 1.807) is 4.90 Å². The number of halogens is 3. The summed E-state index contributed by atoms with van der Waals surface area (Å²) in [7, 11) is 0. The molecule has 0 N–H and O–H groups in total. The van der Waals surface area contributed by atoms with E-state index in [1.807, 2.05) is 33.7 Å². The topological polar surface area (TPSA) is 96.9 Å². The van der Waals surface area contributed by atoms with Gasteiger partial charge in [0.05, 0.1) is 16.5 Å². The lowest BCUT2D eigenvalue weighted by Crippen LogP contribution is -2.42. The van der Waals surface area contributed by atoms with Crippen LogP contribution in [0.4, 0.5) is 24.5 Å². The van der Waals surface area contributed by atoms with Gasteiger partial charge in [0.15, 0.2) is 11.5 Å². The molecule has 2 aromatic heterocycles. The Labute approximate surface area is 198 Å². The van der Waals surface area contributed by atoms with Crippen LogP contribution in [0.15, 0.2) is 42.6 Å². The molecule has 0 saturated carbocycles. The summed E-state index contributed by atoms with van der Waals surface area (Å²) in [5.41, 5.74) is -0.780. The van der Waals surface area contributed by atoms with Crippen LogP contribution in [0, 0.1) is 16.0 Å². The summed E-state index contributed by atoms with van der Waals surface area (Å²) >= 11 is 0. The molecule has 0 aliphatic carbocycles. The molecule has 0 bridgehead atoms. The van der Waals surface area contributed by atoms with E-state index in [0.29, 0.717) is 44.2 Å². The van der Waals surface area contributed by atoms with E-state index in [4.69, 9.17) is 0 Å². The molecule has 2 aliphatic heterocycles. The Kier molecular flexibility index (Phi) is 5.81. The van der Waals surface area contributed by atoms with E-state index in [0.717, 1.165) is 30.8 Å². The molecule has 2 saturated heterocycles.